The van der Waals surface area contributed by atoms with Crippen LogP contribution in [0.15, 0.2) is 24.3 Å². The lowest BCUT2D eigenvalue weighted by molar-refractivity contribution is -0.117. The highest BCUT2D eigenvalue weighted by molar-refractivity contribution is 5.75. The van der Waals surface area contributed by atoms with Crippen LogP contribution in [0.4, 0.5) is 0 Å². The van der Waals surface area contributed by atoms with Crippen LogP contribution in [-0.2, 0) is 4.79 Å². The van der Waals surface area contributed by atoms with E-state index in [4.69, 9.17) is 4.74 Å². The van der Waals surface area contributed by atoms with E-state index in [2.05, 4.69) is 19.9 Å². The molecule has 0 amide bonds. The highest BCUT2D eigenvalue weighted by Gasteiger charge is 2.06. The van der Waals surface area contributed by atoms with Crippen molar-refractivity contribution < 1.29 is 9.53 Å². The molecule has 0 aliphatic carbocycles. The maximum absolute atomic E-state index is 10.8. The number of benzene rings is 1. The van der Waals surface area contributed by atoms with E-state index in [-0.39, 0.29) is 5.78 Å². The van der Waals surface area contributed by atoms with E-state index in [0.717, 1.165) is 18.6 Å². The molecule has 0 aliphatic heterocycles. The largest absolute Gasteiger partial charge is 0.493 e. The van der Waals surface area contributed by atoms with Crippen molar-refractivity contribution in [1.29, 1.82) is 0 Å². The number of unbranched alkanes of at least 4 members (excludes halogenated alkanes) is 1. The Hall–Kier alpha value is -1.31. The SMILES string of the molecule is CC(=O)CCCCOc1ccccc1C(C)C. The molecule has 1 aromatic rings. The second-order valence-electron chi connectivity index (χ2n) is 4.70. The molecule has 0 saturated heterocycles. The fourth-order valence-corrected chi connectivity index (χ4v) is 1.75. The van der Waals surface area contributed by atoms with Crippen molar-refractivity contribution in [3.05, 3.63) is 29.8 Å². The average molecular weight is 234 g/mol. The Bertz CT molecular complexity index is 356. The van der Waals surface area contributed by atoms with Gasteiger partial charge in [-0.1, -0.05) is 32.0 Å². The molecule has 94 valence electrons. The van der Waals surface area contributed by atoms with Gasteiger partial charge in [0.1, 0.15) is 11.5 Å². The summed E-state index contributed by atoms with van der Waals surface area (Å²) < 4.78 is 5.77. The molecule has 0 N–H and O–H groups in total. The van der Waals surface area contributed by atoms with Gasteiger partial charge in [0, 0.05) is 6.42 Å². The first-order chi connectivity index (χ1) is 8.11. The van der Waals surface area contributed by atoms with Crippen LogP contribution in [0.2, 0.25) is 0 Å². The number of hydrogen-bond acceptors (Lipinski definition) is 2. The Morgan fingerprint density at radius 2 is 1.94 bits per heavy atom. The Kier molecular flexibility index (Phi) is 5.75. The molecule has 0 saturated carbocycles. The third-order valence-corrected chi connectivity index (χ3v) is 2.72. The highest BCUT2D eigenvalue weighted by Crippen LogP contribution is 2.25. The molecule has 0 radical (unpaired) electrons. The van der Waals surface area contributed by atoms with Gasteiger partial charge in [0.25, 0.3) is 0 Å². The Morgan fingerprint density at radius 3 is 2.59 bits per heavy atom. The molecular weight excluding hydrogens is 212 g/mol. The zero-order chi connectivity index (χ0) is 12.7. The molecule has 0 aromatic heterocycles. The summed E-state index contributed by atoms with van der Waals surface area (Å²) in [6.07, 6.45) is 2.51. The van der Waals surface area contributed by atoms with Crippen molar-refractivity contribution in [2.75, 3.05) is 6.61 Å². The van der Waals surface area contributed by atoms with Crippen LogP contribution in [-0.4, -0.2) is 12.4 Å². The lowest BCUT2D eigenvalue weighted by atomic mass is 10.0. The molecule has 1 aromatic carbocycles. The highest BCUT2D eigenvalue weighted by atomic mass is 16.5. The maximum atomic E-state index is 10.8. The van der Waals surface area contributed by atoms with E-state index < -0.39 is 0 Å². The van der Waals surface area contributed by atoms with Gasteiger partial charge in [0.05, 0.1) is 6.61 Å². The van der Waals surface area contributed by atoms with Gasteiger partial charge in [-0.15, -0.1) is 0 Å². The lowest BCUT2D eigenvalue weighted by Gasteiger charge is -2.13. The number of rotatable bonds is 7. The summed E-state index contributed by atoms with van der Waals surface area (Å²) in [5, 5.41) is 0. The molecule has 0 aliphatic rings. The van der Waals surface area contributed by atoms with Crippen LogP contribution in [0.3, 0.4) is 0 Å². The number of carbonyl (C=O) groups is 1. The molecular formula is C15H22O2. The van der Waals surface area contributed by atoms with E-state index in [9.17, 15) is 4.79 Å². The van der Waals surface area contributed by atoms with Gasteiger partial charge >= 0.3 is 0 Å². The summed E-state index contributed by atoms with van der Waals surface area (Å²) in [5.74, 6) is 1.71. The zero-order valence-electron chi connectivity index (χ0n) is 11.0. The van der Waals surface area contributed by atoms with E-state index in [1.807, 2.05) is 18.2 Å². The summed E-state index contributed by atoms with van der Waals surface area (Å²) in [7, 11) is 0. The topological polar surface area (TPSA) is 26.3 Å². The Morgan fingerprint density at radius 1 is 1.24 bits per heavy atom. The van der Waals surface area contributed by atoms with Gasteiger partial charge < -0.3 is 9.53 Å². The molecule has 0 bridgehead atoms. The molecule has 0 spiro atoms. The minimum atomic E-state index is 0.257. The Labute approximate surface area is 104 Å². The molecule has 2 nitrogen and oxygen atoms in total. The summed E-state index contributed by atoms with van der Waals surface area (Å²) in [6.45, 7) is 6.65. The normalized spacial score (nSPS) is 10.6. The summed E-state index contributed by atoms with van der Waals surface area (Å²) in [5.41, 5.74) is 1.25. The van der Waals surface area contributed by atoms with Gasteiger partial charge in [0.15, 0.2) is 0 Å². The minimum Gasteiger partial charge on any atom is -0.493 e. The molecule has 2 heteroatoms. The van der Waals surface area contributed by atoms with Crippen molar-refractivity contribution >= 4 is 5.78 Å². The second kappa shape index (κ2) is 7.10. The van der Waals surface area contributed by atoms with Gasteiger partial charge in [-0.2, -0.15) is 0 Å². The second-order valence-corrected chi connectivity index (χ2v) is 4.70. The Balaban J connectivity index is 2.38. The molecule has 0 atom stereocenters. The number of carbonyl (C=O) groups excluding carboxylic acids is 1. The quantitative estimate of drug-likeness (QED) is 0.668. The molecule has 17 heavy (non-hydrogen) atoms. The number of hydrogen-bond donors (Lipinski definition) is 0. The van der Waals surface area contributed by atoms with Crippen molar-refractivity contribution in [3.8, 4) is 5.75 Å². The van der Waals surface area contributed by atoms with Crippen LogP contribution >= 0.6 is 0 Å². The third kappa shape index (κ3) is 5.03. The first kappa shape index (κ1) is 13.8. The van der Waals surface area contributed by atoms with Crippen LogP contribution in [0.1, 0.15) is 51.5 Å². The number of para-hydroxylation sites is 1. The van der Waals surface area contributed by atoms with Gasteiger partial charge in [-0.25, -0.2) is 0 Å². The molecule has 0 fully saturated rings. The van der Waals surface area contributed by atoms with E-state index in [0.29, 0.717) is 18.9 Å². The first-order valence-electron chi connectivity index (χ1n) is 6.32. The third-order valence-electron chi connectivity index (χ3n) is 2.72. The fourth-order valence-electron chi connectivity index (χ4n) is 1.75. The standard InChI is InChI=1S/C15H22O2/c1-12(2)14-9-4-5-10-15(14)17-11-7-6-8-13(3)16/h4-5,9-10,12H,6-8,11H2,1-3H3. The lowest BCUT2D eigenvalue weighted by Crippen LogP contribution is -2.02. The zero-order valence-corrected chi connectivity index (χ0v) is 11.0. The van der Waals surface area contributed by atoms with Crippen LogP contribution in [0, 0.1) is 0 Å². The van der Waals surface area contributed by atoms with E-state index in [1.165, 1.54) is 5.56 Å². The van der Waals surface area contributed by atoms with Gasteiger partial charge in [0.2, 0.25) is 0 Å². The summed E-state index contributed by atoms with van der Waals surface area (Å²) in [4.78, 5) is 10.8. The number of ketones is 1. The van der Waals surface area contributed by atoms with Crippen molar-refractivity contribution in [2.45, 2.75) is 46.0 Å². The first-order valence-corrected chi connectivity index (χ1v) is 6.32. The molecule has 0 unspecified atom stereocenters. The van der Waals surface area contributed by atoms with E-state index in [1.54, 1.807) is 6.92 Å². The van der Waals surface area contributed by atoms with Gasteiger partial charge in [-0.05, 0) is 37.3 Å². The van der Waals surface area contributed by atoms with Crippen molar-refractivity contribution in [1.82, 2.24) is 0 Å². The van der Waals surface area contributed by atoms with Crippen LogP contribution in [0.5, 0.6) is 5.75 Å². The minimum absolute atomic E-state index is 0.257. The molecule has 0 heterocycles. The predicted octanol–water partition coefficient (Wildman–Crippen LogP) is 3.95. The maximum Gasteiger partial charge on any atom is 0.129 e. The summed E-state index contributed by atoms with van der Waals surface area (Å²) in [6, 6.07) is 8.16. The molecule has 1 rings (SSSR count). The van der Waals surface area contributed by atoms with Crippen LogP contribution < -0.4 is 4.74 Å². The van der Waals surface area contributed by atoms with Crippen LogP contribution in [0.25, 0.3) is 0 Å². The smallest absolute Gasteiger partial charge is 0.129 e. The average Bonchev–Trinajstić information content (AvgIpc) is 2.28. The predicted molar refractivity (Wildman–Crippen MR) is 70.6 cm³/mol. The van der Waals surface area contributed by atoms with Crippen molar-refractivity contribution in [2.24, 2.45) is 0 Å². The van der Waals surface area contributed by atoms with Gasteiger partial charge in [-0.3, -0.25) is 0 Å². The van der Waals surface area contributed by atoms with E-state index >= 15 is 0 Å². The summed E-state index contributed by atoms with van der Waals surface area (Å²) >= 11 is 0. The fraction of sp³-hybridized carbons (Fsp3) is 0.533. The number of Topliss-reactive ketones (excluding diaryl/α,β-unsaturated/α-hetero) is 1. The van der Waals surface area contributed by atoms with Crippen molar-refractivity contribution in [3.63, 3.8) is 0 Å². The number of ether oxygens (including phenoxy) is 1. The monoisotopic (exact) mass is 234 g/mol.